The van der Waals surface area contributed by atoms with Crippen molar-refractivity contribution in [2.75, 3.05) is 37.7 Å². The molecule has 2 aromatic carbocycles. The van der Waals surface area contributed by atoms with Gasteiger partial charge in [0, 0.05) is 49.8 Å². The predicted octanol–water partition coefficient (Wildman–Crippen LogP) is 5.45. The minimum atomic E-state index is -0.631. The Morgan fingerprint density at radius 2 is 2.15 bits per heavy atom. The van der Waals surface area contributed by atoms with Crippen LogP contribution < -0.4 is 9.64 Å². The van der Waals surface area contributed by atoms with Crippen LogP contribution in [0.2, 0.25) is 0 Å². The van der Waals surface area contributed by atoms with Crippen LogP contribution in [0.5, 0.6) is 5.75 Å². The lowest BCUT2D eigenvalue weighted by Crippen LogP contribution is -2.39. The smallest absolute Gasteiger partial charge is 0.310 e. The van der Waals surface area contributed by atoms with Gasteiger partial charge in [-0.2, -0.15) is 0 Å². The van der Waals surface area contributed by atoms with Crippen LogP contribution in [-0.2, 0) is 29.1 Å². The van der Waals surface area contributed by atoms with Gasteiger partial charge in [0.05, 0.1) is 17.7 Å². The fourth-order valence-electron chi connectivity index (χ4n) is 7.00. The Hall–Kier alpha value is -2.94. The van der Waals surface area contributed by atoms with Gasteiger partial charge in [-0.1, -0.05) is 23.8 Å². The van der Waals surface area contributed by atoms with Gasteiger partial charge in [-0.05, 0) is 79.8 Å². The van der Waals surface area contributed by atoms with E-state index in [-0.39, 0.29) is 5.92 Å². The van der Waals surface area contributed by atoms with E-state index in [0.29, 0.717) is 19.1 Å². The van der Waals surface area contributed by atoms with E-state index in [0.717, 1.165) is 80.8 Å². The van der Waals surface area contributed by atoms with Gasteiger partial charge in [0.25, 0.3) is 0 Å². The Labute approximate surface area is 239 Å². The van der Waals surface area contributed by atoms with Crippen molar-refractivity contribution in [1.82, 2.24) is 9.88 Å². The standard InChI is InChI=1S/C32H37N3O4S/c1-20-3-4-29(26(11-20)28-19-40-31(33-28)35-9-7-32(30(36)37)14-24(32)15-35)39-17-22-12-21(2)27-16-34(8-5-23(27)13-22)25-6-10-38-18-25/h3-4,11-13,19,24-25H,5-10,14-18H2,1-2H3,(H,36,37)/t24-,25?,32+/m0/s1. The zero-order chi connectivity index (χ0) is 27.4. The van der Waals surface area contributed by atoms with Crippen molar-refractivity contribution in [3.8, 4) is 17.0 Å². The molecule has 210 valence electrons. The summed E-state index contributed by atoms with van der Waals surface area (Å²) in [5.41, 5.74) is 8.09. The van der Waals surface area contributed by atoms with Crippen LogP contribution in [0.1, 0.15) is 47.1 Å². The molecule has 0 radical (unpaired) electrons. The van der Waals surface area contributed by atoms with E-state index in [1.807, 2.05) is 0 Å². The van der Waals surface area contributed by atoms with Crippen molar-refractivity contribution >= 4 is 22.4 Å². The SMILES string of the molecule is Cc1ccc(OCc2cc(C)c3c(c2)CCN(C2CCOC2)C3)c(-c2csc(N3CC[C@@]4(C(=O)O)C[C@H]4C3)n2)c1. The van der Waals surface area contributed by atoms with Crippen LogP contribution in [0, 0.1) is 25.2 Å². The molecule has 1 N–H and O–H groups in total. The summed E-state index contributed by atoms with van der Waals surface area (Å²) in [5, 5.41) is 12.7. The zero-order valence-corrected chi connectivity index (χ0v) is 24.1. The Morgan fingerprint density at radius 1 is 1.25 bits per heavy atom. The monoisotopic (exact) mass is 559 g/mol. The van der Waals surface area contributed by atoms with Crippen LogP contribution in [0.15, 0.2) is 35.7 Å². The molecule has 8 heteroatoms. The molecule has 4 heterocycles. The highest BCUT2D eigenvalue weighted by molar-refractivity contribution is 7.14. The Bertz CT molecular complexity index is 1450. The molecule has 1 saturated carbocycles. The van der Waals surface area contributed by atoms with E-state index in [9.17, 15) is 9.90 Å². The maximum absolute atomic E-state index is 11.7. The third-order valence-corrected chi connectivity index (χ3v) is 10.5. The molecule has 7 rings (SSSR count). The Balaban J connectivity index is 1.06. The molecule has 0 bridgehead atoms. The van der Waals surface area contributed by atoms with E-state index in [1.54, 1.807) is 11.3 Å². The summed E-state index contributed by atoms with van der Waals surface area (Å²) in [6.45, 7) is 10.2. The largest absolute Gasteiger partial charge is 0.488 e. The average Bonchev–Trinajstić information content (AvgIpc) is 3.27. The molecule has 0 amide bonds. The minimum Gasteiger partial charge on any atom is -0.488 e. The number of hydrogen-bond acceptors (Lipinski definition) is 7. The normalized spacial score (nSPS) is 25.9. The number of carbonyl (C=O) groups is 1. The second kappa shape index (κ2) is 10.2. The lowest BCUT2D eigenvalue weighted by molar-refractivity contribution is -0.144. The number of carboxylic acid groups (broad SMARTS) is 1. The molecule has 1 aliphatic carbocycles. The fourth-order valence-corrected chi connectivity index (χ4v) is 7.86. The van der Waals surface area contributed by atoms with Crippen LogP contribution in [-0.4, -0.2) is 59.8 Å². The molecule has 40 heavy (non-hydrogen) atoms. The van der Waals surface area contributed by atoms with Crippen molar-refractivity contribution in [2.45, 2.75) is 58.7 Å². The number of aryl methyl sites for hydroxylation is 2. The summed E-state index contributed by atoms with van der Waals surface area (Å²) < 4.78 is 12.1. The summed E-state index contributed by atoms with van der Waals surface area (Å²) in [6.07, 6.45) is 3.71. The first-order valence-electron chi connectivity index (χ1n) is 14.5. The van der Waals surface area contributed by atoms with E-state index >= 15 is 0 Å². The number of benzene rings is 2. The molecule has 1 unspecified atom stereocenters. The summed E-state index contributed by atoms with van der Waals surface area (Å²) >= 11 is 1.63. The van der Waals surface area contributed by atoms with Gasteiger partial charge in [0.15, 0.2) is 5.13 Å². The highest BCUT2D eigenvalue weighted by Gasteiger charge is 2.62. The van der Waals surface area contributed by atoms with Crippen LogP contribution in [0.4, 0.5) is 5.13 Å². The van der Waals surface area contributed by atoms with Crippen molar-refractivity contribution < 1.29 is 19.4 Å². The number of rotatable bonds is 7. The molecular weight excluding hydrogens is 522 g/mol. The molecule has 0 spiro atoms. The summed E-state index contributed by atoms with van der Waals surface area (Å²) in [6, 6.07) is 11.5. The van der Waals surface area contributed by atoms with E-state index in [2.05, 4.69) is 59.4 Å². The quantitative estimate of drug-likeness (QED) is 0.412. The summed E-state index contributed by atoms with van der Waals surface area (Å²) in [7, 11) is 0. The number of thiazole rings is 1. The minimum absolute atomic E-state index is 0.240. The molecular formula is C32H37N3O4S. The molecule has 1 aromatic heterocycles. The highest BCUT2D eigenvalue weighted by Crippen LogP contribution is 2.58. The number of carboxylic acids is 1. The van der Waals surface area contributed by atoms with Gasteiger partial charge in [0.1, 0.15) is 12.4 Å². The van der Waals surface area contributed by atoms with E-state index in [1.165, 1.54) is 27.8 Å². The fraction of sp³-hybridized carbons (Fsp3) is 0.500. The van der Waals surface area contributed by atoms with Gasteiger partial charge < -0.3 is 19.5 Å². The summed E-state index contributed by atoms with van der Waals surface area (Å²) in [4.78, 5) is 21.5. The van der Waals surface area contributed by atoms with E-state index < -0.39 is 11.4 Å². The van der Waals surface area contributed by atoms with Crippen molar-refractivity contribution in [1.29, 1.82) is 0 Å². The number of anilines is 1. The second-order valence-electron chi connectivity index (χ2n) is 12.2. The molecule has 3 aromatic rings. The van der Waals surface area contributed by atoms with Crippen molar-refractivity contribution in [2.24, 2.45) is 11.3 Å². The highest BCUT2D eigenvalue weighted by atomic mass is 32.1. The zero-order valence-electron chi connectivity index (χ0n) is 23.3. The number of fused-ring (bicyclic) bond motifs is 2. The first-order valence-corrected chi connectivity index (χ1v) is 15.4. The molecule has 7 nitrogen and oxygen atoms in total. The van der Waals surface area contributed by atoms with Crippen molar-refractivity contribution in [3.63, 3.8) is 0 Å². The Kier molecular flexibility index (Phi) is 6.60. The molecule has 3 atom stereocenters. The maximum Gasteiger partial charge on any atom is 0.310 e. The predicted molar refractivity (Wildman–Crippen MR) is 156 cm³/mol. The van der Waals surface area contributed by atoms with Gasteiger partial charge in [0.2, 0.25) is 0 Å². The number of piperidine rings is 1. The van der Waals surface area contributed by atoms with Gasteiger partial charge in [-0.25, -0.2) is 4.98 Å². The lowest BCUT2D eigenvalue weighted by atomic mass is 9.92. The lowest BCUT2D eigenvalue weighted by Gasteiger charge is -2.34. The third-order valence-electron chi connectivity index (χ3n) is 9.57. The molecule has 3 fully saturated rings. The average molecular weight is 560 g/mol. The van der Waals surface area contributed by atoms with Crippen LogP contribution in [0.3, 0.4) is 0 Å². The van der Waals surface area contributed by atoms with Gasteiger partial charge >= 0.3 is 5.97 Å². The number of aliphatic carboxylic acids is 1. The number of aromatic nitrogens is 1. The van der Waals surface area contributed by atoms with E-state index in [4.69, 9.17) is 14.5 Å². The van der Waals surface area contributed by atoms with Crippen LogP contribution in [0.25, 0.3) is 11.3 Å². The third kappa shape index (κ3) is 4.70. The molecule has 3 aliphatic heterocycles. The topological polar surface area (TPSA) is 75.1 Å². The van der Waals surface area contributed by atoms with Gasteiger partial charge in [-0.15, -0.1) is 11.3 Å². The molecule has 2 saturated heterocycles. The van der Waals surface area contributed by atoms with Crippen molar-refractivity contribution in [3.05, 3.63) is 63.5 Å². The summed E-state index contributed by atoms with van der Waals surface area (Å²) in [5.74, 6) is 0.452. The number of hydrogen-bond donors (Lipinski definition) is 1. The number of nitrogens with zero attached hydrogens (tertiary/aromatic N) is 3. The first-order chi connectivity index (χ1) is 19.4. The Morgan fingerprint density at radius 3 is 2.95 bits per heavy atom. The first kappa shape index (κ1) is 26.0. The van der Waals surface area contributed by atoms with Gasteiger partial charge in [-0.3, -0.25) is 9.69 Å². The van der Waals surface area contributed by atoms with Crippen LogP contribution >= 0.6 is 11.3 Å². The number of ether oxygens (including phenoxy) is 2. The molecule has 4 aliphatic rings. The second-order valence-corrected chi connectivity index (χ2v) is 13.0. The maximum atomic E-state index is 11.7.